The van der Waals surface area contributed by atoms with E-state index in [0.29, 0.717) is 34.1 Å². The van der Waals surface area contributed by atoms with E-state index in [4.69, 9.17) is 33.7 Å². The molecule has 1 aromatic rings. The van der Waals surface area contributed by atoms with Gasteiger partial charge in [0, 0.05) is 25.2 Å². The van der Waals surface area contributed by atoms with Crippen molar-refractivity contribution in [2.24, 2.45) is 0 Å². The van der Waals surface area contributed by atoms with Gasteiger partial charge in [0.2, 0.25) is 5.91 Å². The van der Waals surface area contributed by atoms with Crippen LogP contribution in [0, 0.1) is 0 Å². The van der Waals surface area contributed by atoms with Crippen molar-refractivity contribution >= 4 is 40.5 Å². The van der Waals surface area contributed by atoms with E-state index in [1.54, 1.807) is 19.2 Å². The van der Waals surface area contributed by atoms with E-state index in [9.17, 15) is 4.79 Å². The van der Waals surface area contributed by atoms with E-state index in [0.717, 1.165) is 25.9 Å². The molecule has 0 unspecified atom stereocenters. The van der Waals surface area contributed by atoms with Crippen molar-refractivity contribution in [1.82, 2.24) is 4.90 Å². The van der Waals surface area contributed by atoms with Crippen molar-refractivity contribution in [1.29, 1.82) is 0 Å². The first kappa shape index (κ1) is 16.4. The number of carbonyl (C=O) groups is 1. The molecule has 0 spiro atoms. The van der Waals surface area contributed by atoms with Gasteiger partial charge in [-0.25, -0.2) is 0 Å². The zero-order valence-electron chi connectivity index (χ0n) is 11.9. The van der Waals surface area contributed by atoms with Gasteiger partial charge < -0.3 is 15.8 Å². The Balaban J connectivity index is 1.91. The summed E-state index contributed by atoms with van der Waals surface area (Å²) in [5.41, 5.74) is 6.60. The van der Waals surface area contributed by atoms with E-state index < -0.39 is 0 Å². The lowest BCUT2D eigenvalue weighted by Crippen LogP contribution is -2.41. The number of amides is 1. The minimum absolute atomic E-state index is 0.137. The van der Waals surface area contributed by atoms with E-state index in [2.05, 4.69) is 10.2 Å². The molecule has 0 saturated carbocycles. The van der Waals surface area contributed by atoms with Crippen molar-refractivity contribution in [3.8, 4) is 0 Å². The number of halogens is 2. The highest BCUT2D eigenvalue weighted by molar-refractivity contribution is 6.37. The monoisotopic (exact) mass is 331 g/mol. The number of methoxy groups -OCH3 is 1. The number of likely N-dealkylation sites (tertiary alicyclic amines) is 1. The zero-order chi connectivity index (χ0) is 15.4. The Morgan fingerprint density at radius 1 is 1.43 bits per heavy atom. The van der Waals surface area contributed by atoms with Crippen LogP contribution < -0.4 is 11.1 Å². The number of hydrogen-bond donors (Lipinski definition) is 2. The van der Waals surface area contributed by atoms with Gasteiger partial charge in [0.25, 0.3) is 0 Å². The Hall–Kier alpha value is -1.01. The average molecular weight is 332 g/mol. The number of ether oxygens (including phenoxy) is 1. The standard InChI is InChI=1S/C14H19Cl2N3O2/c1-21-10-2-4-19(5-3-10)8-13(20)18-14-11(16)6-9(15)7-12(14)17/h6-7,10H,2-5,8,17H2,1H3,(H,18,20). The van der Waals surface area contributed by atoms with Crippen molar-refractivity contribution in [3.63, 3.8) is 0 Å². The molecular weight excluding hydrogens is 313 g/mol. The summed E-state index contributed by atoms with van der Waals surface area (Å²) in [6.07, 6.45) is 2.17. The highest BCUT2D eigenvalue weighted by Crippen LogP contribution is 2.32. The van der Waals surface area contributed by atoms with Gasteiger partial charge in [0.05, 0.1) is 29.0 Å². The van der Waals surface area contributed by atoms with Crippen molar-refractivity contribution in [2.45, 2.75) is 18.9 Å². The molecule has 1 heterocycles. The molecule has 0 bridgehead atoms. The molecule has 0 aromatic heterocycles. The quantitative estimate of drug-likeness (QED) is 0.832. The third-order valence-electron chi connectivity index (χ3n) is 3.59. The van der Waals surface area contributed by atoms with Gasteiger partial charge in [-0.1, -0.05) is 23.2 Å². The number of anilines is 2. The number of hydrogen-bond acceptors (Lipinski definition) is 4. The first-order valence-corrected chi connectivity index (χ1v) is 7.54. The molecule has 2 rings (SSSR count). The maximum atomic E-state index is 12.1. The smallest absolute Gasteiger partial charge is 0.238 e. The number of nitrogens with one attached hydrogen (secondary N) is 1. The number of carbonyl (C=O) groups excluding carboxylic acids is 1. The summed E-state index contributed by atoms with van der Waals surface area (Å²) in [6, 6.07) is 3.12. The molecule has 1 saturated heterocycles. The molecule has 116 valence electrons. The number of nitrogens with zero attached hydrogens (tertiary/aromatic N) is 1. The molecular formula is C14H19Cl2N3O2. The van der Waals surface area contributed by atoms with E-state index >= 15 is 0 Å². The van der Waals surface area contributed by atoms with Crippen LogP contribution in [0.25, 0.3) is 0 Å². The molecule has 7 heteroatoms. The Labute approximate surface area is 134 Å². The van der Waals surface area contributed by atoms with Crippen LogP contribution in [-0.2, 0) is 9.53 Å². The lowest BCUT2D eigenvalue weighted by atomic mass is 10.1. The van der Waals surface area contributed by atoms with Crippen LogP contribution >= 0.6 is 23.2 Å². The number of nitrogen functional groups attached to an aromatic ring is 1. The molecule has 1 aromatic carbocycles. The van der Waals surface area contributed by atoms with E-state index in [1.165, 1.54) is 0 Å². The predicted molar refractivity (Wildman–Crippen MR) is 86.0 cm³/mol. The summed E-state index contributed by atoms with van der Waals surface area (Å²) in [5, 5.41) is 3.53. The Morgan fingerprint density at radius 2 is 2.10 bits per heavy atom. The summed E-state index contributed by atoms with van der Waals surface area (Å²) < 4.78 is 5.31. The SMILES string of the molecule is COC1CCN(CC(=O)Nc2c(N)cc(Cl)cc2Cl)CC1. The van der Waals surface area contributed by atoms with Crippen LogP contribution in [0.3, 0.4) is 0 Å². The van der Waals surface area contributed by atoms with E-state index in [-0.39, 0.29) is 5.91 Å². The van der Waals surface area contributed by atoms with Crippen LogP contribution in [0.1, 0.15) is 12.8 Å². The Kier molecular flexibility index (Phi) is 5.70. The molecule has 3 N–H and O–H groups in total. The largest absolute Gasteiger partial charge is 0.397 e. The molecule has 5 nitrogen and oxygen atoms in total. The van der Waals surface area contributed by atoms with E-state index in [1.807, 2.05) is 0 Å². The summed E-state index contributed by atoms with van der Waals surface area (Å²) in [6.45, 7) is 2.00. The third kappa shape index (κ3) is 4.48. The van der Waals surface area contributed by atoms with Gasteiger partial charge in [-0.15, -0.1) is 0 Å². The van der Waals surface area contributed by atoms with Gasteiger partial charge in [0.15, 0.2) is 0 Å². The fraction of sp³-hybridized carbons (Fsp3) is 0.500. The Bertz CT molecular complexity index is 494. The fourth-order valence-corrected chi connectivity index (χ4v) is 2.97. The molecule has 1 amide bonds. The van der Waals surface area contributed by atoms with Crippen LogP contribution in [0.5, 0.6) is 0 Å². The first-order valence-electron chi connectivity index (χ1n) is 6.79. The van der Waals surface area contributed by atoms with Crippen LogP contribution in [0.4, 0.5) is 11.4 Å². The van der Waals surface area contributed by atoms with Crippen molar-refractivity contribution in [2.75, 3.05) is 37.8 Å². The predicted octanol–water partition coefficient (Wildman–Crippen LogP) is 2.62. The molecule has 1 fully saturated rings. The molecule has 0 radical (unpaired) electrons. The van der Waals surface area contributed by atoms with Gasteiger partial charge in [-0.2, -0.15) is 0 Å². The second kappa shape index (κ2) is 7.31. The normalized spacial score (nSPS) is 16.9. The Morgan fingerprint density at radius 3 is 2.67 bits per heavy atom. The number of nitrogens with two attached hydrogens (primary N) is 1. The lowest BCUT2D eigenvalue weighted by molar-refractivity contribution is -0.117. The van der Waals surface area contributed by atoms with Gasteiger partial charge in [0.1, 0.15) is 0 Å². The topological polar surface area (TPSA) is 67.6 Å². The summed E-state index contributed by atoms with van der Waals surface area (Å²) in [7, 11) is 1.72. The zero-order valence-corrected chi connectivity index (χ0v) is 13.4. The van der Waals surface area contributed by atoms with Crippen LogP contribution in [-0.4, -0.2) is 43.7 Å². The fourth-order valence-electron chi connectivity index (χ4n) is 2.41. The first-order chi connectivity index (χ1) is 9.99. The van der Waals surface area contributed by atoms with Crippen LogP contribution in [0.15, 0.2) is 12.1 Å². The molecule has 0 atom stereocenters. The maximum Gasteiger partial charge on any atom is 0.238 e. The number of rotatable bonds is 4. The lowest BCUT2D eigenvalue weighted by Gasteiger charge is -2.30. The minimum Gasteiger partial charge on any atom is -0.397 e. The average Bonchev–Trinajstić information content (AvgIpc) is 2.43. The third-order valence-corrected chi connectivity index (χ3v) is 4.10. The summed E-state index contributed by atoms with van der Waals surface area (Å²) in [4.78, 5) is 14.2. The second-order valence-corrected chi connectivity index (χ2v) is 5.95. The molecule has 1 aliphatic heterocycles. The second-order valence-electron chi connectivity index (χ2n) is 5.11. The molecule has 0 aliphatic carbocycles. The minimum atomic E-state index is -0.137. The maximum absolute atomic E-state index is 12.1. The van der Waals surface area contributed by atoms with Gasteiger partial charge >= 0.3 is 0 Å². The molecule has 1 aliphatic rings. The van der Waals surface area contributed by atoms with Gasteiger partial charge in [-0.05, 0) is 25.0 Å². The summed E-state index contributed by atoms with van der Waals surface area (Å²) >= 11 is 11.9. The van der Waals surface area contributed by atoms with Gasteiger partial charge in [-0.3, -0.25) is 9.69 Å². The summed E-state index contributed by atoms with van der Waals surface area (Å²) in [5.74, 6) is -0.137. The van der Waals surface area contributed by atoms with Crippen molar-refractivity contribution in [3.05, 3.63) is 22.2 Å². The van der Waals surface area contributed by atoms with Crippen LogP contribution in [0.2, 0.25) is 10.0 Å². The van der Waals surface area contributed by atoms with Crippen molar-refractivity contribution < 1.29 is 9.53 Å². The highest BCUT2D eigenvalue weighted by Gasteiger charge is 2.21. The number of benzene rings is 1. The highest BCUT2D eigenvalue weighted by atomic mass is 35.5. The number of piperidine rings is 1. The molecule has 21 heavy (non-hydrogen) atoms.